The summed E-state index contributed by atoms with van der Waals surface area (Å²) in [5.41, 5.74) is 6.56. The molecule has 0 aromatic heterocycles. The minimum atomic E-state index is 0.687. The Morgan fingerprint density at radius 2 is 2.00 bits per heavy atom. The van der Waals surface area contributed by atoms with Crippen molar-refractivity contribution >= 4 is 5.69 Å². The summed E-state index contributed by atoms with van der Waals surface area (Å²) in [4.78, 5) is 0. The van der Waals surface area contributed by atoms with Crippen molar-refractivity contribution in [2.45, 2.75) is 19.3 Å². The van der Waals surface area contributed by atoms with Gasteiger partial charge in [-0.2, -0.15) is 0 Å². The third-order valence-corrected chi connectivity index (χ3v) is 2.41. The maximum absolute atomic E-state index is 5.53. The highest BCUT2D eigenvalue weighted by atomic mass is 16.5. The first-order valence-electron chi connectivity index (χ1n) is 6.14. The van der Waals surface area contributed by atoms with Gasteiger partial charge in [-0.15, -0.1) is 6.58 Å². The highest BCUT2D eigenvalue weighted by Gasteiger charge is 1.94. The average Bonchev–Trinajstić information content (AvgIpc) is 2.37. The molecule has 17 heavy (non-hydrogen) atoms. The third-order valence-electron chi connectivity index (χ3n) is 2.41. The van der Waals surface area contributed by atoms with Gasteiger partial charge in [-0.05, 0) is 50.1 Å². The zero-order valence-electron chi connectivity index (χ0n) is 10.3. The van der Waals surface area contributed by atoms with Gasteiger partial charge in [0.05, 0.1) is 6.61 Å². The molecule has 3 nitrogen and oxygen atoms in total. The molecule has 0 fully saturated rings. The van der Waals surface area contributed by atoms with Crippen LogP contribution in [0.3, 0.4) is 0 Å². The summed E-state index contributed by atoms with van der Waals surface area (Å²) in [6.45, 7) is 6.07. The largest absolute Gasteiger partial charge is 0.493 e. The number of anilines is 1. The molecular weight excluding hydrogens is 212 g/mol. The van der Waals surface area contributed by atoms with Crippen LogP contribution < -0.4 is 15.8 Å². The van der Waals surface area contributed by atoms with Gasteiger partial charge in [0.25, 0.3) is 0 Å². The SMILES string of the molecule is C=CCCOc1ccc(NCCCCN)cc1. The second-order valence-electron chi connectivity index (χ2n) is 3.87. The Kier molecular flexibility index (Phi) is 6.91. The van der Waals surface area contributed by atoms with Gasteiger partial charge in [-0.1, -0.05) is 6.08 Å². The predicted octanol–water partition coefficient (Wildman–Crippen LogP) is 2.79. The first-order chi connectivity index (χ1) is 8.36. The van der Waals surface area contributed by atoms with Crippen LogP contribution in [0.15, 0.2) is 36.9 Å². The number of nitrogens with two attached hydrogens (primary N) is 1. The van der Waals surface area contributed by atoms with Gasteiger partial charge >= 0.3 is 0 Å². The van der Waals surface area contributed by atoms with E-state index in [9.17, 15) is 0 Å². The Labute approximate surface area is 104 Å². The quantitative estimate of drug-likeness (QED) is 0.510. The number of unbranched alkanes of at least 4 members (excludes halogenated alkanes) is 1. The summed E-state index contributed by atoms with van der Waals surface area (Å²) in [7, 11) is 0. The first-order valence-corrected chi connectivity index (χ1v) is 6.14. The molecule has 0 aliphatic carbocycles. The van der Waals surface area contributed by atoms with Crippen LogP contribution in [0.4, 0.5) is 5.69 Å². The summed E-state index contributed by atoms with van der Waals surface area (Å²) in [6.07, 6.45) is 4.90. The fourth-order valence-corrected chi connectivity index (χ4v) is 1.43. The molecule has 0 bridgehead atoms. The fraction of sp³-hybridized carbons (Fsp3) is 0.429. The summed E-state index contributed by atoms with van der Waals surface area (Å²) in [5.74, 6) is 0.902. The molecule has 1 rings (SSSR count). The topological polar surface area (TPSA) is 47.3 Å². The van der Waals surface area contributed by atoms with E-state index in [1.165, 1.54) is 0 Å². The lowest BCUT2D eigenvalue weighted by atomic mass is 10.2. The summed E-state index contributed by atoms with van der Waals surface area (Å²) >= 11 is 0. The van der Waals surface area contributed by atoms with Gasteiger partial charge < -0.3 is 15.8 Å². The zero-order chi connectivity index (χ0) is 12.3. The maximum atomic E-state index is 5.53. The summed E-state index contributed by atoms with van der Waals surface area (Å²) in [6, 6.07) is 8.03. The van der Waals surface area contributed by atoms with Crippen molar-refractivity contribution in [3.63, 3.8) is 0 Å². The van der Waals surface area contributed by atoms with Crippen LogP contribution in [0.25, 0.3) is 0 Å². The van der Waals surface area contributed by atoms with Gasteiger partial charge in [-0.25, -0.2) is 0 Å². The van der Waals surface area contributed by atoms with E-state index in [0.29, 0.717) is 6.61 Å². The molecule has 0 amide bonds. The van der Waals surface area contributed by atoms with Crippen molar-refractivity contribution in [1.82, 2.24) is 0 Å². The number of benzene rings is 1. The summed E-state index contributed by atoms with van der Waals surface area (Å²) < 4.78 is 5.53. The van der Waals surface area contributed by atoms with Gasteiger partial charge in [0, 0.05) is 12.2 Å². The van der Waals surface area contributed by atoms with Gasteiger partial charge in [0.1, 0.15) is 5.75 Å². The van der Waals surface area contributed by atoms with Crippen molar-refractivity contribution < 1.29 is 4.74 Å². The third kappa shape index (κ3) is 5.97. The molecule has 0 heterocycles. The lowest BCUT2D eigenvalue weighted by Crippen LogP contribution is -2.05. The Morgan fingerprint density at radius 3 is 2.65 bits per heavy atom. The molecule has 3 N–H and O–H groups in total. The number of hydrogen-bond donors (Lipinski definition) is 2. The molecule has 1 aromatic carbocycles. The van der Waals surface area contributed by atoms with E-state index in [0.717, 1.165) is 43.8 Å². The maximum Gasteiger partial charge on any atom is 0.119 e. The van der Waals surface area contributed by atoms with Crippen LogP contribution in [0.2, 0.25) is 0 Å². The van der Waals surface area contributed by atoms with Crippen molar-refractivity contribution in [3.8, 4) is 5.75 Å². The van der Waals surface area contributed by atoms with Crippen molar-refractivity contribution in [1.29, 1.82) is 0 Å². The number of hydrogen-bond acceptors (Lipinski definition) is 3. The molecule has 0 radical (unpaired) electrons. The molecule has 94 valence electrons. The molecule has 0 aliphatic rings. The highest BCUT2D eigenvalue weighted by molar-refractivity contribution is 5.46. The van der Waals surface area contributed by atoms with Crippen LogP contribution in [0, 0.1) is 0 Å². The number of nitrogens with one attached hydrogen (secondary N) is 1. The van der Waals surface area contributed by atoms with Gasteiger partial charge in [-0.3, -0.25) is 0 Å². The van der Waals surface area contributed by atoms with E-state index in [4.69, 9.17) is 10.5 Å². The normalized spacial score (nSPS) is 9.94. The van der Waals surface area contributed by atoms with Crippen LogP contribution in [-0.4, -0.2) is 19.7 Å². The minimum Gasteiger partial charge on any atom is -0.493 e. The monoisotopic (exact) mass is 234 g/mol. The Hall–Kier alpha value is -1.48. The van der Waals surface area contributed by atoms with Crippen LogP contribution in [-0.2, 0) is 0 Å². The van der Waals surface area contributed by atoms with Gasteiger partial charge in [0.15, 0.2) is 0 Å². The molecule has 0 spiro atoms. The Balaban J connectivity index is 2.26. The van der Waals surface area contributed by atoms with Crippen molar-refractivity contribution in [2.24, 2.45) is 5.73 Å². The number of ether oxygens (including phenoxy) is 1. The molecule has 0 saturated heterocycles. The Morgan fingerprint density at radius 1 is 1.24 bits per heavy atom. The van der Waals surface area contributed by atoms with Crippen molar-refractivity contribution in [2.75, 3.05) is 25.0 Å². The van der Waals surface area contributed by atoms with E-state index in [1.807, 2.05) is 30.3 Å². The smallest absolute Gasteiger partial charge is 0.119 e. The predicted molar refractivity (Wildman–Crippen MR) is 73.5 cm³/mol. The van der Waals surface area contributed by atoms with Crippen LogP contribution in [0.1, 0.15) is 19.3 Å². The van der Waals surface area contributed by atoms with E-state index < -0.39 is 0 Å². The van der Waals surface area contributed by atoms with Gasteiger partial charge in [0.2, 0.25) is 0 Å². The average molecular weight is 234 g/mol. The molecule has 0 atom stereocenters. The highest BCUT2D eigenvalue weighted by Crippen LogP contribution is 2.15. The van der Waals surface area contributed by atoms with Crippen molar-refractivity contribution in [3.05, 3.63) is 36.9 Å². The molecular formula is C14H22N2O. The van der Waals surface area contributed by atoms with Crippen LogP contribution in [0.5, 0.6) is 5.75 Å². The van der Waals surface area contributed by atoms with E-state index in [-0.39, 0.29) is 0 Å². The lowest BCUT2D eigenvalue weighted by Gasteiger charge is -2.08. The standard InChI is InChI=1S/C14H22N2O/c1-2-3-12-17-14-8-6-13(7-9-14)16-11-5-4-10-15/h2,6-9,16H,1,3-5,10-12,15H2. The second-order valence-corrected chi connectivity index (χ2v) is 3.87. The minimum absolute atomic E-state index is 0.687. The van der Waals surface area contributed by atoms with E-state index in [2.05, 4.69) is 11.9 Å². The van der Waals surface area contributed by atoms with E-state index in [1.54, 1.807) is 0 Å². The van der Waals surface area contributed by atoms with E-state index >= 15 is 0 Å². The Bertz CT molecular complexity index is 309. The summed E-state index contributed by atoms with van der Waals surface area (Å²) in [5, 5.41) is 3.35. The molecule has 0 unspecified atom stereocenters. The molecule has 3 heteroatoms. The zero-order valence-corrected chi connectivity index (χ0v) is 10.3. The lowest BCUT2D eigenvalue weighted by molar-refractivity contribution is 0.325. The molecule has 0 aliphatic heterocycles. The molecule has 1 aromatic rings. The first kappa shape index (κ1) is 13.6. The second kappa shape index (κ2) is 8.65. The number of rotatable bonds is 9. The van der Waals surface area contributed by atoms with Crippen LogP contribution >= 0.6 is 0 Å². The fourth-order valence-electron chi connectivity index (χ4n) is 1.43. The molecule has 0 saturated carbocycles.